The van der Waals surface area contributed by atoms with E-state index in [4.69, 9.17) is 9.47 Å². The fourth-order valence-corrected chi connectivity index (χ4v) is 6.92. The topological polar surface area (TPSA) is 69.9 Å². The van der Waals surface area contributed by atoms with E-state index in [1.165, 1.54) is 22.7 Å². The van der Waals surface area contributed by atoms with Crippen LogP contribution in [0.2, 0.25) is 0 Å². The van der Waals surface area contributed by atoms with Crippen LogP contribution in [0.15, 0.2) is 72.3 Å². The number of rotatable bonds is 7. The number of carbonyl (C=O) groups excluding carboxylic acids is 1. The summed E-state index contributed by atoms with van der Waals surface area (Å²) >= 11 is 9.85. The molecular weight excluding hydrogens is 604 g/mol. The molecule has 3 aromatic rings. The zero-order chi connectivity index (χ0) is 24.4. The van der Waals surface area contributed by atoms with Gasteiger partial charge in [0, 0.05) is 4.88 Å². The van der Waals surface area contributed by atoms with Gasteiger partial charge in [0.25, 0.3) is 5.56 Å². The van der Waals surface area contributed by atoms with Crippen molar-refractivity contribution in [3.05, 3.63) is 92.6 Å². The molecule has 0 fully saturated rings. The molecule has 0 saturated carbocycles. The molecule has 1 aliphatic heterocycles. The lowest BCUT2D eigenvalue weighted by Gasteiger charge is -2.23. The fraction of sp³-hybridized carbons (Fsp3) is 0.208. The van der Waals surface area contributed by atoms with Crippen molar-refractivity contribution in [1.82, 2.24) is 4.57 Å². The van der Waals surface area contributed by atoms with Gasteiger partial charge in [-0.15, -0.1) is 11.3 Å². The Labute approximate surface area is 220 Å². The molecule has 0 amide bonds. The van der Waals surface area contributed by atoms with Crippen LogP contribution >= 0.6 is 54.5 Å². The first kappa shape index (κ1) is 24.8. The van der Waals surface area contributed by atoms with Crippen LogP contribution in [0, 0.1) is 0 Å². The first-order valence-corrected chi connectivity index (χ1v) is 13.6. The molecule has 1 aliphatic rings. The molecule has 0 unspecified atom stereocenters. The number of aromatic nitrogens is 1. The lowest BCUT2D eigenvalue weighted by atomic mass is 10.0. The number of carbonyl (C=O) groups is 1. The molecule has 34 heavy (non-hydrogen) atoms. The van der Waals surface area contributed by atoms with Crippen LogP contribution < -0.4 is 19.6 Å². The number of thiophene rings is 1. The van der Waals surface area contributed by atoms with E-state index in [1.807, 2.05) is 35.7 Å². The molecule has 0 saturated heterocycles. The fourth-order valence-electron chi connectivity index (χ4n) is 3.60. The highest BCUT2D eigenvalue weighted by molar-refractivity contribution is 9.11. The van der Waals surface area contributed by atoms with Crippen molar-refractivity contribution in [2.45, 2.75) is 19.9 Å². The standard InChI is InChI=1S/C24H20Br2N2O4S2/c1-4-8-32-21-15(25)10-14(11-16(21)26)12-18-22(29)28-20(17-7-6-9-33-17)19(23(30)31-5-2)13(3)27-24(28)34-18/h4,6-7,9-12,20H,1,5,8H2,2-3H3/b18-12-/t20-/m0/s1. The van der Waals surface area contributed by atoms with Crippen LogP contribution in [-0.4, -0.2) is 23.8 Å². The van der Waals surface area contributed by atoms with Crippen LogP contribution in [0.25, 0.3) is 6.08 Å². The van der Waals surface area contributed by atoms with Crippen LogP contribution in [0.5, 0.6) is 5.75 Å². The molecule has 1 aromatic carbocycles. The van der Waals surface area contributed by atoms with Gasteiger partial charge in [-0.25, -0.2) is 9.79 Å². The second-order valence-electron chi connectivity index (χ2n) is 7.23. The number of esters is 1. The van der Waals surface area contributed by atoms with Crippen LogP contribution in [0.1, 0.15) is 30.3 Å². The average Bonchev–Trinajstić information content (AvgIpc) is 3.41. The normalized spacial score (nSPS) is 15.6. The predicted octanol–water partition coefficient (Wildman–Crippen LogP) is 4.95. The number of ether oxygens (including phenoxy) is 2. The van der Waals surface area contributed by atoms with Gasteiger partial charge in [0.1, 0.15) is 18.4 Å². The van der Waals surface area contributed by atoms with Gasteiger partial charge in [-0.1, -0.05) is 30.1 Å². The predicted molar refractivity (Wildman–Crippen MR) is 142 cm³/mol. The summed E-state index contributed by atoms with van der Waals surface area (Å²) in [7, 11) is 0. The SMILES string of the molecule is C=CCOc1c(Br)cc(/C=c2\sc3n(c2=O)[C@@H](c2cccs2)C(C(=O)OCC)=C(C)N=3)cc1Br. The van der Waals surface area contributed by atoms with E-state index in [0.717, 1.165) is 19.4 Å². The highest BCUT2D eigenvalue weighted by atomic mass is 79.9. The number of allylic oxidation sites excluding steroid dienone is 1. The summed E-state index contributed by atoms with van der Waals surface area (Å²) < 4.78 is 14.6. The number of hydrogen-bond acceptors (Lipinski definition) is 7. The minimum absolute atomic E-state index is 0.212. The summed E-state index contributed by atoms with van der Waals surface area (Å²) in [5, 5.41) is 1.92. The van der Waals surface area contributed by atoms with Gasteiger partial charge in [0.15, 0.2) is 4.80 Å². The lowest BCUT2D eigenvalue weighted by molar-refractivity contribution is -0.139. The summed E-state index contributed by atoms with van der Waals surface area (Å²) in [4.78, 5) is 32.4. The Morgan fingerprint density at radius 3 is 2.68 bits per heavy atom. The molecule has 0 spiro atoms. The Morgan fingerprint density at radius 2 is 2.06 bits per heavy atom. The average molecular weight is 624 g/mol. The van der Waals surface area contributed by atoms with Gasteiger partial charge >= 0.3 is 5.97 Å². The molecule has 0 aliphatic carbocycles. The summed E-state index contributed by atoms with van der Waals surface area (Å²) in [6.45, 7) is 7.82. The number of benzene rings is 1. The van der Waals surface area contributed by atoms with Crippen molar-refractivity contribution in [2.24, 2.45) is 4.99 Å². The molecule has 2 aromatic heterocycles. The van der Waals surface area contributed by atoms with Crippen molar-refractivity contribution < 1.29 is 14.3 Å². The third-order valence-corrected chi connectivity index (χ3v) is 8.08. The molecule has 0 N–H and O–H groups in total. The van der Waals surface area contributed by atoms with E-state index in [1.54, 1.807) is 24.5 Å². The molecule has 4 rings (SSSR count). The second kappa shape index (κ2) is 10.6. The van der Waals surface area contributed by atoms with Crippen molar-refractivity contribution in [3.63, 3.8) is 0 Å². The first-order chi connectivity index (χ1) is 16.3. The van der Waals surface area contributed by atoms with Gasteiger partial charge < -0.3 is 9.47 Å². The van der Waals surface area contributed by atoms with Gasteiger partial charge in [-0.3, -0.25) is 9.36 Å². The summed E-state index contributed by atoms with van der Waals surface area (Å²) in [6, 6.07) is 7.01. The zero-order valence-electron chi connectivity index (χ0n) is 18.3. The van der Waals surface area contributed by atoms with Gasteiger partial charge in [-0.05, 0) is 80.9 Å². The van der Waals surface area contributed by atoms with E-state index in [0.29, 0.717) is 33.0 Å². The third kappa shape index (κ3) is 4.77. The highest BCUT2D eigenvalue weighted by Gasteiger charge is 2.33. The summed E-state index contributed by atoms with van der Waals surface area (Å²) in [5.41, 5.74) is 1.54. The quantitative estimate of drug-likeness (QED) is 0.276. The number of hydrogen-bond donors (Lipinski definition) is 0. The Kier molecular flexibility index (Phi) is 7.71. The van der Waals surface area contributed by atoms with Crippen molar-refractivity contribution in [1.29, 1.82) is 0 Å². The molecule has 10 heteroatoms. The van der Waals surface area contributed by atoms with Crippen molar-refractivity contribution in [3.8, 4) is 5.75 Å². The molecule has 3 heterocycles. The Bertz CT molecular complexity index is 1450. The van der Waals surface area contributed by atoms with Crippen LogP contribution in [0.3, 0.4) is 0 Å². The van der Waals surface area contributed by atoms with Crippen molar-refractivity contribution >= 4 is 66.6 Å². The largest absolute Gasteiger partial charge is 0.487 e. The minimum atomic E-state index is -0.578. The smallest absolute Gasteiger partial charge is 0.338 e. The molecular formula is C24H20Br2N2O4S2. The van der Waals surface area contributed by atoms with E-state index in [-0.39, 0.29) is 12.2 Å². The zero-order valence-corrected chi connectivity index (χ0v) is 23.1. The van der Waals surface area contributed by atoms with E-state index >= 15 is 0 Å². The number of nitrogens with zero attached hydrogens (tertiary/aromatic N) is 2. The van der Waals surface area contributed by atoms with Crippen LogP contribution in [-0.2, 0) is 9.53 Å². The maximum atomic E-state index is 13.6. The maximum absolute atomic E-state index is 13.6. The highest BCUT2D eigenvalue weighted by Crippen LogP contribution is 2.35. The molecule has 6 nitrogen and oxygen atoms in total. The maximum Gasteiger partial charge on any atom is 0.338 e. The number of fused-ring (bicyclic) bond motifs is 1. The minimum Gasteiger partial charge on any atom is -0.487 e. The monoisotopic (exact) mass is 622 g/mol. The first-order valence-electron chi connectivity index (χ1n) is 10.3. The van der Waals surface area contributed by atoms with Gasteiger partial charge in [-0.2, -0.15) is 0 Å². The van der Waals surface area contributed by atoms with E-state index in [2.05, 4.69) is 43.4 Å². The second-order valence-corrected chi connectivity index (χ2v) is 10.9. The number of thiazole rings is 1. The Morgan fingerprint density at radius 1 is 1.32 bits per heavy atom. The number of halogens is 2. The third-order valence-electron chi connectivity index (χ3n) is 4.99. The summed E-state index contributed by atoms with van der Waals surface area (Å²) in [6.07, 6.45) is 3.48. The molecule has 1 atom stereocenters. The van der Waals surface area contributed by atoms with Crippen molar-refractivity contribution in [2.75, 3.05) is 13.2 Å². The Balaban J connectivity index is 1.86. The van der Waals surface area contributed by atoms with Crippen LogP contribution in [0.4, 0.5) is 0 Å². The van der Waals surface area contributed by atoms with Gasteiger partial charge in [0.2, 0.25) is 0 Å². The lowest BCUT2D eigenvalue weighted by Crippen LogP contribution is -2.39. The van der Waals surface area contributed by atoms with E-state index < -0.39 is 12.0 Å². The molecule has 176 valence electrons. The Hall–Kier alpha value is -2.27. The molecule has 0 radical (unpaired) electrons. The summed E-state index contributed by atoms with van der Waals surface area (Å²) in [5.74, 6) is 0.199. The van der Waals surface area contributed by atoms with E-state index in [9.17, 15) is 9.59 Å². The van der Waals surface area contributed by atoms with Gasteiger partial charge in [0.05, 0.1) is 31.4 Å². The molecule has 0 bridgehead atoms.